The number of carbonyl (C=O) groups excluding carboxylic acids is 1. The molecule has 1 atom stereocenters. The van der Waals surface area contributed by atoms with Crippen LogP contribution in [0, 0.1) is 5.92 Å². The first-order valence-corrected chi connectivity index (χ1v) is 11.9. The highest BCUT2D eigenvalue weighted by atomic mass is 35.5. The summed E-state index contributed by atoms with van der Waals surface area (Å²) in [5, 5.41) is 3.56. The van der Waals surface area contributed by atoms with Gasteiger partial charge in [0.25, 0.3) is 0 Å². The van der Waals surface area contributed by atoms with Crippen LogP contribution >= 0.6 is 11.6 Å². The fraction of sp³-hybridized carbons (Fsp3) is 0.409. The van der Waals surface area contributed by atoms with Crippen LogP contribution in [-0.2, 0) is 14.8 Å². The van der Waals surface area contributed by atoms with E-state index in [2.05, 4.69) is 22.3 Å². The number of rotatable bonds is 7. The van der Waals surface area contributed by atoms with Crippen LogP contribution in [0.15, 0.2) is 59.5 Å². The zero-order valence-corrected chi connectivity index (χ0v) is 18.9. The number of hydrogen-bond donors (Lipinski definition) is 1. The van der Waals surface area contributed by atoms with Gasteiger partial charge < -0.3 is 10.2 Å². The van der Waals surface area contributed by atoms with Gasteiger partial charge in [0.1, 0.15) is 0 Å². The Bertz CT molecular complexity index is 941. The van der Waals surface area contributed by atoms with E-state index in [9.17, 15) is 13.2 Å². The van der Waals surface area contributed by atoms with Crippen LogP contribution in [-0.4, -0.2) is 57.3 Å². The van der Waals surface area contributed by atoms with Crippen molar-refractivity contribution < 1.29 is 13.2 Å². The van der Waals surface area contributed by atoms with Crippen LogP contribution in [0.25, 0.3) is 0 Å². The maximum absolute atomic E-state index is 12.8. The van der Waals surface area contributed by atoms with Gasteiger partial charge in [0.05, 0.1) is 10.9 Å². The van der Waals surface area contributed by atoms with E-state index >= 15 is 0 Å². The topological polar surface area (TPSA) is 69.7 Å². The predicted molar refractivity (Wildman–Crippen MR) is 119 cm³/mol. The molecule has 1 fully saturated rings. The van der Waals surface area contributed by atoms with E-state index in [-0.39, 0.29) is 22.8 Å². The lowest BCUT2D eigenvalue weighted by atomic mass is 9.97. The first-order chi connectivity index (χ1) is 14.3. The number of amides is 1. The summed E-state index contributed by atoms with van der Waals surface area (Å²) < 4.78 is 27.0. The molecule has 8 heteroatoms. The summed E-state index contributed by atoms with van der Waals surface area (Å²) in [7, 11) is 0.415. The quantitative estimate of drug-likeness (QED) is 0.704. The van der Waals surface area contributed by atoms with Gasteiger partial charge in [0.2, 0.25) is 15.9 Å². The van der Waals surface area contributed by atoms with Gasteiger partial charge in [-0.15, -0.1) is 0 Å². The Morgan fingerprint density at radius 3 is 2.27 bits per heavy atom. The summed E-state index contributed by atoms with van der Waals surface area (Å²) in [5.41, 5.74) is 1.15. The molecule has 1 amide bonds. The van der Waals surface area contributed by atoms with Crippen LogP contribution in [0.5, 0.6) is 0 Å². The third-order valence-electron chi connectivity index (χ3n) is 5.55. The van der Waals surface area contributed by atoms with Crippen LogP contribution in [0.1, 0.15) is 24.4 Å². The molecular weight excluding hydrogens is 422 g/mol. The maximum atomic E-state index is 12.8. The van der Waals surface area contributed by atoms with Crippen molar-refractivity contribution in [2.45, 2.75) is 23.8 Å². The summed E-state index contributed by atoms with van der Waals surface area (Å²) in [6.07, 6.45) is 1.02. The van der Waals surface area contributed by atoms with Crippen LogP contribution < -0.4 is 5.32 Å². The standard InChI is InChI=1S/C22H28ClN3O3S/c1-25(2)21(17-6-4-3-5-7-17)16-24-22(27)18-12-14-26(15-13-18)30(28,29)20-10-8-19(23)9-11-20/h3-11,18,21H,12-16H2,1-2H3,(H,24,27)/t21-/m0/s1. The van der Waals surface area contributed by atoms with Gasteiger partial charge in [-0.3, -0.25) is 4.79 Å². The number of benzene rings is 2. The summed E-state index contributed by atoms with van der Waals surface area (Å²) >= 11 is 5.86. The molecule has 3 rings (SSSR count). The summed E-state index contributed by atoms with van der Waals surface area (Å²) in [6.45, 7) is 1.18. The largest absolute Gasteiger partial charge is 0.354 e. The lowest BCUT2D eigenvalue weighted by Gasteiger charge is -2.31. The number of nitrogens with zero attached hydrogens (tertiary/aromatic N) is 2. The monoisotopic (exact) mass is 449 g/mol. The van der Waals surface area contributed by atoms with E-state index < -0.39 is 10.0 Å². The number of nitrogens with one attached hydrogen (secondary N) is 1. The fourth-order valence-corrected chi connectivity index (χ4v) is 5.33. The minimum Gasteiger partial charge on any atom is -0.354 e. The van der Waals surface area contributed by atoms with Crippen LogP contribution in [0.4, 0.5) is 0 Å². The highest BCUT2D eigenvalue weighted by molar-refractivity contribution is 7.89. The van der Waals surface area contributed by atoms with Crippen molar-refractivity contribution in [3.8, 4) is 0 Å². The molecule has 1 saturated heterocycles. The van der Waals surface area contributed by atoms with Gasteiger partial charge in [0, 0.05) is 30.6 Å². The molecule has 0 radical (unpaired) electrons. The van der Waals surface area contributed by atoms with Crippen molar-refractivity contribution >= 4 is 27.5 Å². The Morgan fingerprint density at radius 1 is 1.10 bits per heavy atom. The molecule has 1 aliphatic rings. The molecule has 0 bridgehead atoms. The minimum atomic E-state index is -3.56. The van der Waals surface area contributed by atoms with E-state index in [1.807, 2.05) is 32.3 Å². The average molecular weight is 450 g/mol. The molecule has 2 aromatic rings. The summed E-state index contributed by atoms with van der Waals surface area (Å²) in [6, 6.07) is 16.3. The highest BCUT2D eigenvalue weighted by Gasteiger charge is 2.32. The van der Waals surface area contributed by atoms with Gasteiger partial charge in [-0.1, -0.05) is 41.9 Å². The van der Waals surface area contributed by atoms with E-state index in [1.165, 1.54) is 16.4 Å². The zero-order valence-electron chi connectivity index (χ0n) is 17.3. The van der Waals surface area contributed by atoms with Gasteiger partial charge in [-0.05, 0) is 56.8 Å². The molecule has 1 N–H and O–H groups in total. The Labute approximate surface area is 183 Å². The predicted octanol–water partition coefficient (Wildman–Crippen LogP) is 3.16. The molecule has 0 aromatic heterocycles. The average Bonchev–Trinajstić information content (AvgIpc) is 2.74. The second-order valence-electron chi connectivity index (χ2n) is 7.77. The molecule has 1 heterocycles. The fourth-order valence-electron chi connectivity index (χ4n) is 3.73. The van der Waals surface area contributed by atoms with Gasteiger partial charge in [-0.2, -0.15) is 4.31 Å². The van der Waals surface area contributed by atoms with Crippen LogP contribution in [0.3, 0.4) is 0 Å². The van der Waals surface area contributed by atoms with E-state index in [0.717, 1.165) is 5.56 Å². The Kier molecular flexibility index (Phi) is 7.52. The van der Waals surface area contributed by atoms with Gasteiger partial charge >= 0.3 is 0 Å². The molecule has 1 aliphatic heterocycles. The molecule has 6 nitrogen and oxygen atoms in total. The number of halogens is 1. The SMILES string of the molecule is CN(C)[C@@H](CNC(=O)C1CCN(S(=O)(=O)c2ccc(Cl)cc2)CC1)c1ccccc1. The van der Waals surface area contributed by atoms with E-state index in [0.29, 0.717) is 37.5 Å². The number of sulfonamides is 1. The maximum Gasteiger partial charge on any atom is 0.243 e. The normalized spacial score (nSPS) is 17.1. The second-order valence-corrected chi connectivity index (χ2v) is 10.1. The smallest absolute Gasteiger partial charge is 0.243 e. The molecule has 0 saturated carbocycles. The second kappa shape index (κ2) is 9.92. The van der Waals surface area contributed by atoms with Crippen molar-refractivity contribution in [1.29, 1.82) is 0 Å². The Hall–Kier alpha value is -1.93. The molecule has 2 aromatic carbocycles. The molecule has 0 aliphatic carbocycles. The third kappa shape index (κ3) is 5.40. The molecule has 162 valence electrons. The molecular formula is C22H28ClN3O3S. The first kappa shape index (κ1) is 22.7. The Balaban J connectivity index is 1.55. The number of carbonyl (C=O) groups is 1. The minimum absolute atomic E-state index is 0.0127. The van der Waals surface area contributed by atoms with Gasteiger partial charge in [-0.25, -0.2) is 8.42 Å². The number of piperidine rings is 1. The van der Waals surface area contributed by atoms with Crippen LogP contribution in [0.2, 0.25) is 5.02 Å². The molecule has 0 unspecified atom stereocenters. The number of likely N-dealkylation sites (N-methyl/N-ethyl adjacent to an activating group) is 1. The van der Waals surface area contributed by atoms with E-state index in [1.54, 1.807) is 12.1 Å². The van der Waals surface area contributed by atoms with E-state index in [4.69, 9.17) is 11.6 Å². The highest BCUT2D eigenvalue weighted by Crippen LogP contribution is 2.25. The lowest BCUT2D eigenvalue weighted by molar-refractivity contribution is -0.126. The Morgan fingerprint density at radius 2 is 1.70 bits per heavy atom. The zero-order chi connectivity index (χ0) is 21.7. The van der Waals surface area contributed by atoms with Crippen molar-refractivity contribution in [2.24, 2.45) is 5.92 Å². The third-order valence-corrected chi connectivity index (χ3v) is 7.72. The first-order valence-electron chi connectivity index (χ1n) is 10.0. The molecule has 30 heavy (non-hydrogen) atoms. The van der Waals surface area contributed by atoms with Crippen molar-refractivity contribution in [2.75, 3.05) is 33.7 Å². The van der Waals surface area contributed by atoms with Gasteiger partial charge in [0.15, 0.2) is 0 Å². The molecule has 0 spiro atoms. The lowest BCUT2D eigenvalue weighted by Crippen LogP contribution is -2.44. The summed E-state index contributed by atoms with van der Waals surface area (Å²) in [5.74, 6) is -0.193. The van der Waals surface area contributed by atoms with Crippen molar-refractivity contribution in [1.82, 2.24) is 14.5 Å². The van der Waals surface area contributed by atoms with Crippen molar-refractivity contribution in [3.05, 3.63) is 65.2 Å². The van der Waals surface area contributed by atoms with Crippen molar-refractivity contribution in [3.63, 3.8) is 0 Å². The summed E-state index contributed by atoms with van der Waals surface area (Å²) in [4.78, 5) is 15.0. The number of hydrogen-bond acceptors (Lipinski definition) is 4.